The van der Waals surface area contributed by atoms with E-state index in [9.17, 15) is 8.42 Å². The molecule has 1 aliphatic carbocycles. The van der Waals surface area contributed by atoms with Gasteiger partial charge >= 0.3 is 0 Å². The Morgan fingerprint density at radius 3 is 2.57 bits per heavy atom. The fourth-order valence-corrected chi connectivity index (χ4v) is 2.72. The average Bonchev–Trinajstić information content (AvgIpc) is 2.32. The molecule has 1 saturated carbocycles. The van der Waals surface area contributed by atoms with Gasteiger partial charge in [0.1, 0.15) is 0 Å². The lowest BCUT2D eigenvalue weighted by Gasteiger charge is -2.21. The van der Waals surface area contributed by atoms with Crippen molar-refractivity contribution in [1.29, 1.82) is 0 Å². The maximum absolute atomic E-state index is 11.4. The summed E-state index contributed by atoms with van der Waals surface area (Å²) in [6, 6.07) is -0.0683. The van der Waals surface area contributed by atoms with Crippen LogP contribution in [0.1, 0.15) is 39.0 Å². The quantitative estimate of drug-likeness (QED) is 0.684. The SMILES string of the molecule is CCS(=O)(=O)NC1CCCCCC1N. The molecule has 0 heterocycles. The number of sulfonamides is 1. The Balaban J connectivity index is 2.57. The molecule has 2 atom stereocenters. The van der Waals surface area contributed by atoms with Gasteiger partial charge in [-0.25, -0.2) is 13.1 Å². The summed E-state index contributed by atoms with van der Waals surface area (Å²) < 4.78 is 25.4. The van der Waals surface area contributed by atoms with E-state index < -0.39 is 10.0 Å². The van der Waals surface area contributed by atoms with Gasteiger partial charge < -0.3 is 5.73 Å². The van der Waals surface area contributed by atoms with Crippen molar-refractivity contribution in [3.05, 3.63) is 0 Å². The molecule has 1 fully saturated rings. The highest BCUT2D eigenvalue weighted by atomic mass is 32.2. The second-order valence-electron chi connectivity index (χ2n) is 3.93. The van der Waals surface area contributed by atoms with Crippen molar-refractivity contribution in [3.63, 3.8) is 0 Å². The van der Waals surface area contributed by atoms with Crippen LogP contribution < -0.4 is 10.5 Å². The molecule has 0 aromatic carbocycles. The summed E-state index contributed by atoms with van der Waals surface area (Å²) in [7, 11) is -3.10. The van der Waals surface area contributed by atoms with Crippen molar-refractivity contribution in [1.82, 2.24) is 4.72 Å². The zero-order valence-electron chi connectivity index (χ0n) is 8.70. The van der Waals surface area contributed by atoms with E-state index in [2.05, 4.69) is 4.72 Å². The highest BCUT2D eigenvalue weighted by Gasteiger charge is 2.23. The standard InChI is InChI=1S/C9H20N2O2S/c1-2-14(12,13)11-9-7-5-3-4-6-8(9)10/h8-9,11H,2-7,10H2,1H3. The van der Waals surface area contributed by atoms with E-state index >= 15 is 0 Å². The first kappa shape index (κ1) is 11.9. The van der Waals surface area contributed by atoms with E-state index in [0.29, 0.717) is 0 Å². The van der Waals surface area contributed by atoms with Crippen molar-refractivity contribution in [2.45, 2.75) is 51.1 Å². The molecular formula is C9H20N2O2S. The first-order valence-corrected chi connectivity index (χ1v) is 6.96. The molecule has 0 radical (unpaired) electrons. The van der Waals surface area contributed by atoms with Crippen LogP contribution in [0.25, 0.3) is 0 Å². The first-order chi connectivity index (χ1) is 6.55. The van der Waals surface area contributed by atoms with Gasteiger partial charge in [0.05, 0.1) is 5.75 Å². The highest BCUT2D eigenvalue weighted by molar-refractivity contribution is 7.89. The molecule has 0 aromatic heterocycles. The molecule has 84 valence electrons. The Labute approximate surface area is 86.3 Å². The van der Waals surface area contributed by atoms with Crippen molar-refractivity contribution in [2.75, 3.05) is 5.75 Å². The lowest BCUT2D eigenvalue weighted by atomic mass is 10.1. The highest BCUT2D eigenvalue weighted by Crippen LogP contribution is 2.17. The molecule has 0 saturated heterocycles. The van der Waals surface area contributed by atoms with E-state index in [0.717, 1.165) is 32.1 Å². The molecule has 0 amide bonds. The van der Waals surface area contributed by atoms with Gasteiger partial charge in [-0.05, 0) is 19.8 Å². The zero-order chi connectivity index (χ0) is 10.6. The maximum atomic E-state index is 11.4. The second kappa shape index (κ2) is 5.09. The van der Waals surface area contributed by atoms with Crippen LogP contribution in [0.3, 0.4) is 0 Å². The monoisotopic (exact) mass is 220 g/mol. The van der Waals surface area contributed by atoms with Crippen LogP contribution in [0.4, 0.5) is 0 Å². The topological polar surface area (TPSA) is 72.2 Å². The minimum atomic E-state index is -3.10. The van der Waals surface area contributed by atoms with Crippen molar-refractivity contribution < 1.29 is 8.42 Å². The van der Waals surface area contributed by atoms with Crippen LogP contribution in [0.15, 0.2) is 0 Å². The van der Waals surface area contributed by atoms with Crippen LogP contribution in [-0.4, -0.2) is 26.3 Å². The predicted octanol–water partition coefficient (Wildman–Crippen LogP) is 0.586. The summed E-state index contributed by atoms with van der Waals surface area (Å²) >= 11 is 0. The molecule has 3 N–H and O–H groups in total. The van der Waals surface area contributed by atoms with Gasteiger partial charge in [-0.1, -0.05) is 19.3 Å². The van der Waals surface area contributed by atoms with Gasteiger partial charge in [0, 0.05) is 12.1 Å². The van der Waals surface area contributed by atoms with Gasteiger partial charge in [0.2, 0.25) is 10.0 Å². The molecule has 14 heavy (non-hydrogen) atoms. The summed E-state index contributed by atoms with van der Waals surface area (Å²) in [4.78, 5) is 0. The van der Waals surface area contributed by atoms with Crippen LogP contribution in [-0.2, 0) is 10.0 Å². The molecule has 1 rings (SSSR count). The molecule has 2 unspecified atom stereocenters. The molecule has 4 nitrogen and oxygen atoms in total. The van der Waals surface area contributed by atoms with Crippen molar-refractivity contribution >= 4 is 10.0 Å². The fourth-order valence-electron chi connectivity index (χ4n) is 1.80. The van der Waals surface area contributed by atoms with E-state index in [-0.39, 0.29) is 17.8 Å². The molecule has 0 bridgehead atoms. The number of nitrogens with two attached hydrogens (primary N) is 1. The lowest BCUT2D eigenvalue weighted by Crippen LogP contribution is -2.47. The maximum Gasteiger partial charge on any atom is 0.211 e. The van der Waals surface area contributed by atoms with Gasteiger partial charge in [-0.2, -0.15) is 0 Å². The minimum Gasteiger partial charge on any atom is -0.326 e. The summed E-state index contributed by atoms with van der Waals surface area (Å²) in [6.45, 7) is 1.64. The summed E-state index contributed by atoms with van der Waals surface area (Å²) in [5.41, 5.74) is 5.91. The third-order valence-electron chi connectivity index (χ3n) is 2.78. The van der Waals surface area contributed by atoms with Crippen LogP contribution in [0.5, 0.6) is 0 Å². The Kier molecular flexibility index (Phi) is 4.34. The normalized spacial score (nSPS) is 29.9. The molecule has 1 aliphatic rings. The summed E-state index contributed by atoms with van der Waals surface area (Å²) in [5.74, 6) is 0.135. The number of hydrogen-bond acceptors (Lipinski definition) is 3. The van der Waals surface area contributed by atoms with Crippen LogP contribution >= 0.6 is 0 Å². The fraction of sp³-hybridized carbons (Fsp3) is 1.00. The first-order valence-electron chi connectivity index (χ1n) is 5.31. The molecule has 0 aromatic rings. The number of hydrogen-bond donors (Lipinski definition) is 2. The van der Waals surface area contributed by atoms with E-state index in [1.54, 1.807) is 6.92 Å². The largest absolute Gasteiger partial charge is 0.326 e. The van der Waals surface area contributed by atoms with Crippen molar-refractivity contribution in [2.24, 2.45) is 5.73 Å². The molecule has 0 spiro atoms. The Morgan fingerprint density at radius 1 is 1.29 bits per heavy atom. The summed E-state index contributed by atoms with van der Waals surface area (Å²) in [5, 5.41) is 0. The number of nitrogens with one attached hydrogen (secondary N) is 1. The van der Waals surface area contributed by atoms with Gasteiger partial charge in [0.15, 0.2) is 0 Å². The molecular weight excluding hydrogens is 200 g/mol. The van der Waals surface area contributed by atoms with Crippen molar-refractivity contribution in [3.8, 4) is 0 Å². The lowest BCUT2D eigenvalue weighted by molar-refractivity contribution is 0.456. The average molecular weight is 220 g/mol. The van der Waals surface area contributed by atoms with Crippen LogP contribution in [0.2, 0.25) is 0 Å². The van der Waals surface area contributed by atoms with E-state index in [1.165, 1.54) is 0 Å². The predicted molar refractivity (Wildman–Crippen MR) is 57.4 cm³/mol. The Bertz CT molecular complexity index is 264. The minimum absolute atomic E-state index is 0.0150. The van der Waals surface area contributed by atoms with E-state index in [4.69, 9.17) is 5.73 Å². The smallest absolute Gasteiger partial charge is 0.211 e. The van der Waals surface area contributed by atoms with Gasteiger partial charge in [0.25, 0.3) is 0 Å². The molecule has 0 aliphatic heterocycles. The third-order valence-corrected chi connectivity index (χ3v) is 4.20. The van der Waals surface area contributed by atoms with Gasteiger partial charge in [-0.3, -0.25) is 0 Å². The second-order valence-corrected chi connectivity index (χ2v) is 5.97. The zero-order valence-corrected chi connectivity index (χ0v) is 9.52. The Hall–Kier alpha value is -0.130. The Morgan fingerprint density at radius 2 is 1.93 bits per heavy atom. The van der Waals surface area contributed by atoms with E-state index in [1.807, 2.05) is 0 Å². The van der Waals surface area contributed by atoms with Gasteiger partial charge in [-0.15, -0.1) is 0 Å². The van der Waals surface area contributed by atoms with Crippen LogP contribution in [0, 0.1) is 0 Å². The summed E-state index contributed by atoms with van der Waals surface area (Å²) in [6.07, 6.45) is 5.16. The third kappa shape index (κ3) is 3.55. The molecule has 5 heteroatoms. The number of rotatable bonds is 3.